The third kappa shape index (κ3) is 5.25. The number of halogens is 1. The lowest BCUT2D eigenvalue weighted by Crippen LogP contribution is -2.16. The minimum atomic E-state index is -0.236. The zero-order valence-corrected chi connectivity index (χ0v) is 18.0. The fourth-order valence-electron chi connectivity index (χ4n) is 3.17. The number of rotatable bonds is 7. The first-order valence-electron chi connectivity index (χ1n) is 10.1. The van der Waals surface area contributed by atoms with E-state index < -0.39 is 0 Å². The van der Waals surface area contributed by atoms with Crippen molar-refractivity contribution in [2.24, 2.45) is 20.7 Å². The van der Waals surface area contributed by atoms with Crippen LogP contribution in [0.5, 0.6) is 0 Å². The fourth-order valence-corrected chi connectivity index (χ4v) is 3.38. The van der Waals surface area contributed by atoms with E-state index in [0.717, 1.165) is 29.0 Å². The van der Waals surface area contributed by atoms with Gasteiger partial charge in [-0.3, -0.25) is 19.8 Å². The Bertz CT molecular complexity index is 1200. The van der Waals surface area contributed by atoms with Gasteiger partial charge < -0.3 is 11.1 Å². The van der Waals surface area contributed by atoms with Crippen LogP contribution in [0.15, 0.2) is 81.8 Å². The summed E-state index contributed by atoms with van der Waals surface area (Å²) in [6, 6.07) is 17.9. The van der Waals surface area contributed by atoms with E-state index >= 15 is 0 Å². The van der Waals surface area contributed by atoms with Crippen LogP contribution in [0.25, 0.3) is 11.3 Å². The van der Waals surface area contributed by atoms with Crippen molar-refractivity contribution < 1.29 is 4.79 Å². The molecule has 8 heteroatoms. The predicted molar refractivity (Wildman–Crippen MR) is 130 cm³/mol. The zero-order chi connectivity index (χ0) is 22.3. The average molecular weight is 445 g/mol. The fraction of sp³-hybridized carbons (Fsp3) is 0.125. The third-order valence-electron chi connectivity index (χ3n) is 4.89. The van der Waals surface area contributed by atoms with Gasteiger partial charge in [0.05, 0.1) is 17.3 Å². The van der Waals surface area contributed by atoms with Crippen molar-refractivity contribution in [2.45, 2.75) is 6.42 Å². The molecular formula is C24H21ClN6O. The van der Waals surface area contributed by atoms with E-state index in [2.05, 4.69) is 25.3 Å². The molecular weight excluding hydrogens is 424 g/mol. The average Bonchev–Trinajstić information content (AvgIpc) is 3.34. The number of aromatic nitrogens is 1. The summed E-state index contributed by atoms with van der Waals surface area (Å²) < 4.78 is 0. The molecule has 0 bridgehead atoms. The van der Waals surface area contributed by atoms with Crippen LogP contribution in [0.3, 0.4) is 0 Å². The first-order valence-corrected chi connectivity index (χ1v) is 10.4. The first kappa shape index (κ1) is 21.4. The minimum absolute atomic E-state index is 0.236. The van der Waals surface area contributed by atoms with Crippen molar-refractivity contribution in [3.63, 3.8) is 0 Å². The van der Waals surface area contributed by atoms with Crippen molar-refractivity contribution in [2.75, 3.05) is 18.4 Å². The van der Waals surface area contributed by atoms with Gasteiger partial charge in [-0.2, -0.15) is 0 Å². The molecule has 1 amide bonds. The lowest BCUT2D eigenvalue weighted by atomic mass is 10.1. The molecule has 4 rings (SSSR count). The number of carbonyl (C=O) groups is 1. The Labute approximate surface area is 190 Å². The van der Waals surface area contributed by atoms with Crippen molar-refractivity contribution in [3.05, 3.63) is 83.0 Å². The van der Waals surface area contributed by atoms with Gasteiger partial charge in [-0.15, -0.1) is 0 Å². The maximum absolute atomic E-state index is 12.7. The summed E-state index contributed by atoms with van der Waals surface area (Å²) >= 11 is 6.32. The number of nitrogens with one attached hydrogen (secondary N) is 1. The van der Waals surface area contributed by atoms with Crippen LogP contribution < -0.4 is 11.1 Å². The van der Waals surface area contributed by atoms with Crippen LogP contribution in [0.1, 0.15) is 22.3 Å². The number of amides is 1. The van der Waals surface area contributed by atoms with Gasteiger partial charge in [0.1, 0.15) is 12.2 Å². The Balaban J connectivity index is 1.41. The predicted octanol–water partition coefficient (Wildman–Crippen LogP) is 4.23. The molecule has 3 aromatic rings. The summed E-state index contributed by atoms with van der Waals surface area (Å²) in [5, 5.41) is 3.46. The topological polar surface area (TPSA) is 105 Å². The number of benzene rings is 2. The second-order valence-electron chi connectivity index (χ2n) is 7.11. The van der Waals surface area contributed by atoms with E-state index in [-0.39, 0.29) is 5.91 Å². The standard InChI is InChI=1S/C24H21ClN6O/c25-21-9-8-18(13-20(21)22-3-1-2-11-28-22)31-24(32)17-6-4-16(5-7-17)23(26)29-12-10-19-14-27-15-30-19/h1-9,11,13,15H,10,12,14H2,(H2,26,29)(H,31,32). The molecule has 7 nitrogen and oxygen atoms in total. The van der Waals surface area contributed by atoms with Gasteiger partial charge in [0.15, 0.2) is 0 Å². The maximum atomic E-state index is 12.7. The molecule has 0 saturated carbocycles. The zero-order valence-electron chi connectivity index (χ0n) is 17.2. The summed E-state index contributed by atoms with van der Waals surface area (Å²) in [6.07, 6.45) is 3.99. The smallest absolute Gasteiger partial charge is 0.255 e. The molecule has 0 unspecified atom stereocenters. The van der Waals surface area contributed by atoms with Crippen LogP contribution in [0.4, 0.5) is 5.69 Å². The highest BCUT2D eigenvalue weighted by Crippen LogP contribution is 2.29. The van der Waals surface area contributed by atoms with Gasteiger partial charge in [0, 0.05) is 47.3 Å². The molecule has 2 aromatic carbocycles. The Hall–Kier alpha value is -3.84. The summed E-state index contributed by atoms with van der Waals surface area (Å²) in [4.78, 5) is 29.6. The Morgan fingerprint density at radius 3 is 2.62 bits per heavy atom. The van der Waals surface area contributed by atoms with Crippen molar-refractivity contribution in [1.82, 2.24) is 4.98 Å². The van der Waals surface area contributed by atoms with Gasteiger partial charge in [0.2, 0.25) is 0 Å². The second-order valence-corrected chi connectivity index (χ2v) is 7.52. The van der Waals surface area contributed by atoms with Crippen molar-refractivity contribution in [3.8, 4) is 11.3 Å². The summed E-state index contributed by atoms with van der Waals surface area (Å²) in [5.41, 5.74) is 10.5. The molecule has 0 saturated heterocycles. The minimum Gasteiger partial charge on any atom is -0.384 e. The van der Waals surface area contributed by atoms with E-state index in [9.17, 15) is 4.79 Å². The number of anilines is 1. The van der Waals surface area contributed by atoms with E-state index in [1.807, 2.05) is 18.2 Å². The molecule has 32 heavy (non-hydrogen) atoms. The van der Waals surface area contributed by atoms with Gasteiger partial charge in [-0.25, -0.2) is 4.99 Å². The molecule has 3 N–H and O–H groups in total. The number of carbonyl (C=O) groups excluding carboxylic acids is 1. The Morgan fingerprint density at radius 2 is 1.91 bits per heavy atom. The highest BCUT2D eigenvalue weighted by Gasteiger charge is 2.11. The lowest BCUT2D eigenvalue weighted by molar-refractivity contribution is 0.102. The summed E-state index contributed by atoms with van der Waals surface area (Å²) in [7, 11) is 0. The number of nitrogens with zero attached hydrogens (tertiary/aromatic N) is 4. The molecule has 1 aromatic heterocycles. The Kier molecular flexibility index (Phi) is 6.67. The summed E-state index contributed by atoms with van der Waals surface area (Å²) in [5.74, 6) is 0.190. The number of pyridine rings is 1. The normalized spacial score (nSPS) is 13.2. The first-order chi connectivity index (χ1) is 15.6. The third-order valence-corrected chi connectivity index (χ3v) is 5.22. The van der Waals surface area contributed by atoms with Gasteiger partial charge >= 0.3 is 0 Å². The second kappa shape index (κ2) is 9.98. The van der Waals surface area contributed by atoms with Crippen LogP contribution in [-0.2, 0) is 0 Å². The van der Waals surface area contributed by atoms with Crippen LogP contribution in [-0.4, -0.2) is 41.9 Å². The largest absolute Gasteiger partial charge is 0.384 e. The van der Waals surface area contributed by atoms with Gasteiger partial charge in [0.25, 0.3) is 5.91 Å². The molecule has 0 spiro atoms. The number of hydrogen-bond acceptors (Lipinski definition) is 5. The monoisotopic (exact) mass is 444 g/mol. The van der Waals surface area contributed by atoms with Crippen LogP contribution in [0, 0.1) is 0 Å². The maximum Gasteiger partial charge on any atom is 0.255 e. The number of aliphatic imine (C=N–C) groups is 3. The highest BCUT2D eigenvalue weighted by atomic mass is 35.5. The highest BCUT2D eigenvalue weighted by molar-refractivity contribution is 6.33. The molecule has 1 aliphatic heterocycles. The van der Waals surface area contributed by atoms with Crippen molar-refractivity contribution in [1.29, 1.82) is 0 Å². The molecule has 160 valence electrons. The number of hydrogen-bond donors (Lipinski definition) is 2. The molecule has 0 aliphatic carbocycles. The Morgan fingerprint density at radius 1 is 1.09 bits per heavy atom. The lowest BCUT2D eigenvalue weighted by Gasteiger charge is -2.10. The molecule has 2 heterocycles. The molecule has 0 radical (unpaired) electrons. The van der Waals surface area contributed by atoms with Crippen molar-refractivity contribution >= 4 is 41.1 Å². The van der Waals surface area contributed by atoms with Crippen LogP contribution >= 0.6 is 11.6 Å². The van der Waals surface area contributed by atoms with Gasteiger partial charge in [-0.05, 0) is 42.5 Å². The van der Waals surface area contributed by atoms with E-state index in [1.54, 1.807) is 55.0 Å². The van der Waals surface area contributed by atoms with Crippen LogP contribution in [0.2, 0.25) is 5.02 Å². The van der Waals surface area contributed by atoms with Gasteiger partial charge in [-0.1, -0.05) is 29.8 Å². The van der Waals surface area contributed by atoms with E-state index in [1.165, 1.54) is 0 Å². The molecule has 0 atom stereocenters. The SMILES string of the molecule is NC(=NCCC1=NC=NC1)c1ccc(C(=O)Nc2ccc(Cl)c(-c3ccccn3)c2)cc1. The molecule has 1 aliphatic rings. The van der Waals surface area contributed by atoms with E-state index in [0.29, 0.717) is 35.2 Å². The quantitative estimate of drug-likeness (QED) is 0.420. The van der Waals surface area contributed by atoms with E-state index in [4.69, 9.17) is 17.3 Å². The number of nitrogens with two attached hydrogens (primary N) is 1. The molecule has 0 fully saturated rings. The number of amidine groups is 1. The summed E-state index contributed by atoms with van der Waals surface area (Å²) in [6.45, 7) is 1.18.